The summed E-state index contributed by atoms with van der Waals surface area (Å²) in [7, 11) is 0. The number of ketones is 1. The van der Waals surface area contributed by atoms with Gasteiger partial charge < -0.3 is 9.84 Å². The van der Waals surface area contributed by atoms with E-state index in [9.17, 15) is 4.79 Å². The quantitative estimate of drug-likeness (QED) is 0.697. The Morgan fingerprint density at radius 1 is 1.56 bits per heavy atom. The van der Waals surface area contributed by atoms with Crippen LogP contribution < -0.4 is 0 Å². The molecule has 1 N–H and O–H groups in total. The lowest BCUT2D eigenvalue weighted by Gasteiger charge is -2.26. The van der Waals surface area contributed by atoms with Gasteiger partial charge in [0.05, 0.1) is 13.2 Å². The maximum absolute atomic E-state index is 11.9. The monoisotopic (exact) mass is 229 g/mol. The van der Waals surface area contributed by atoms with Gasteiger partial charge in [-0.25, -0.2) is 0 Å². The van der Waals surface area contributed by atoms with Gasteiger partial charge in [0.25, 0.3) is 0 Å². The molecule has 4 nitrogen and oxygen atoms in total. The van der Waals surface area contributed by atoms with Crippen LogP contribution in [-0.4, -0.2) is 54.7 Å². The molecular formula is C12H23NO3. The Kier molecular flexibility index (Phi) is 5.95. The Hall–Kier alpha value is -0.450. The van der Waals surface area contributed by atoms with Crippen LogP contribution in [0.3, 0.4) is 0 Å². The second-order valence-corrected chi connectivity index (χ2v) is 4.67. The van der Waals surface area contributed by atoms with Crippen LogP contribution >= 0.6 is 0 Å². The van der Waals surface area contributed by atoms with Crippen molar-refractivity contribution in [2.24, 2.45) is 5.92 Å². The third-order valence-corrected chi connectivity index (χ3v) is 3.08. The fourth-order valence-corrected chi connectivity index (χ4v) is 1.91. The number of hydrogen-bond acceptors (Lipinski definition) is 4. The SMILES string of the molecule is CC(C)N(CCCO)CC(=O)C1CCOC1. The molecule has 0 spiro atoms. The lowest BCUT2D eigenvalue weighted by molar-refractivity contribution is -0.124. The molecule has 1 saturated heterocycles. The lowest BCUT2D eigenvalue weighted by Crippen LogP contribution is -2.39. The molecule has 0 aromatic carbocycles. The predicted octanol–water partition coefficient (Wildman–Crippen LogP) is 0.685. The largest absolute Gasteiger partial charge is 0.396 e. The zero-order valence-electron chi connectivity index (χ0n) is 10.3. The van der Waals surface area contributed by atoms with E-state index in [0.717, 1.165) is 19.4 Å². The molecule has 0 bridgehead atoms. The molecule has 1 unspecified atom stereocenters. The maximum Gasteiger partial charge on any atom is 0.152 e. The van der Waals surface area contributed by atoms with Crippen molar-refractivity contribution in [3.05, 3.63) is 0 Å². The van der Waals surface area contributed by atoms with Gasteiger partial charge >= 0.3 is 0 Å². The number of aliphatic hydroxyl groups is 1. The number of aliphatic hydroxyl groups excluding tert-OH is 1. The van der Waals surface area contributed by atoms with E-state index in [1.165, 1.54) is 0 Å². The Morgan fingerprint density at radius 2 is 2.31 bits per heavy atom. The molecule has 1 aliphatic rings. The zero-order valence-corrected chi connectivity index (χ0v) is 10.3. The summed E-state index contributed by atoms with van der Waals surface area (Å²) in [5, 5.41) is 8.81. The first-order valence-electron chi connectivity index (χ1n) is 6.10. The van der Waals surface area contributed by atoms with Crippen LogP contribution in [0.5, 0.6) is 0 Å². The average molecular weight is 229 g/mol. The van der Waals surface area contributed by atoms with Crippen molar-refractivity contribution in [1.82, 2.24) is 4.90 Å². The number of rotatable bonds is 7. The summed E-state index contributed by atoms with van der Waals surface area (Å²) in [5.74, 6) is 0.375. The number of carbonyl (C=O) groups excluding carboxylic acids is 1. The minimum Gasteiger partial charge on any atom is -0.396 e. The molecule has 1 atom stereocenters. The van der Waals surface area contributed by atoms with Gasteiger partial charge in [-0.2, -0.15) is 0 Å². The minimum atomic E-state index is 0.0929. The summed E-state index contributed by atoms with van der Waals surface area (Å²) >= 11 is 0. The highest BCUT2D eigenvalue weighted by atomic mass is 16.5. The van der Waals surface area contributed by atoms with Gasteiger partial charge in [0.1, 0.15) is 0 Å². The van der Waals surface area contributed by atoms with Gasteiger partial charge in [0.2, 0.25) is 0 Å². The van der Waals surface area contributed by atoms with Gasteiger partial charge in [-0.1, -0.05) is 0 Å². The summed E-state index contributed by atoms with van der Waals surface area (Å²) in [5.41, 5.74) is 0. The minimum absolute atomic E-state index is 0.0929. The highest BCUT2D eigenvalue weighted by Crippen LogP contribution is 2.14. The van der Waals surface area contributed by atoms with Crippen LogP contribution in [0.1, 0.15) is 26.7 Å². The van der Waals surface area contributed by atoms with Crippen molar-refractivity contribution in [2.75, 3.05) is 32.9 Å². The van der Waals surface area contributed by atoms with E-state index in [1.54, 1.807) is 0 Å². The average Bonchev–Trinajstić information content (AvgIpc) is 2.76. The fraction of sp³-hybridized carbons (Fsp3) is 0.917. The molecule has 94 valence electrons. The molecule has 0 radical (unpaired) electrons. The van der Waals surface area contributed by atoms with E-state index in [2.05, 4.69) is 18.7 Å². The summed E-state index contributed by atoms with van der Waals surface area (Å²) in [6.07, 6.45) is 1.59. The zero-order chi connectivity index (χ0) is 12.0. The second-order valence-electron chi connectivity index (χ2n) is 4.67. The number of ether oxygens (including phenoxy) is 1. The van der Waals surface area contributed by atoms with Gasteiger partial charge in [-0.3, -0.25) is 9.69 Å². The Balaban J connectivity index is 2.37. The van der Waals surface area contributed by atoms with E-state index in [0.29, 0.717) is 25.8 Å². The molecule has 0 aliphatic carbocycles. The van der Waals surface area contributed by atoms with Crippen molar-refractivity contribution in [1.29, 1.82) is 0 Å². The molecule has 1 fully saturated rings. The van der Waals surface area contributed by atoms with E-state index in [-0.39, 0.29) is 18.3 Å². The first-order valence-corrected chi connectivity index (χ1v) is 6.10. The van der Waals surface area contributed by atoms with Gasteiger partial charge in [0, 0.05) is 31.7 Å². The molecule has 1 heterocycles. The molecule has 0 saturated carbocycles. The maximum atomic E-state index is 11.9. The smallest absolute Gasteiger partial charge is 0.152 e. The number of Topliss-reactive ketones (excluding diaryl/α,β-unsaturated/α-hetero) is 1. The normalized spacial score (nSPS) is 20.9. The topological polar surface area (TPSA) is 49.8 Å². The summed E-state index contributed by atoms with van der Waals surface area (Å²) < 4.78 is 5.22. The summed E-state index contributed by atoms with van der Waals surface area (Å²) in [4.78, 5) is 14.1. The first-order chi connectivity index (χ1) is 7.65. The number of hydrogen-bond donors (Lipinski definition) is 1. The highest BCUT2D eigenvalue weighted by Gasteiger charge is 2.25. The molecule has 0 amide bonds. The van der Waals surface area contributed by atoms with Crippen molar-refractivity contribution in [2.45, 2.75) is 32.7 Å². The fourth-order valence-electron chi connectivity index (χ4n) is 1.91. The predicted molar refractivity (Wildman–Crippen MR) is 62.3 cm³/mol. The Labute approximate surface area is 97.6 Å². The molecule has 0 aromatic heterocycles. The van der Waals surface area contributed by atoms with Crippen LogP contribution in [0.2, 0.25) is 0 Å². The first kappa shape index (κ1) is 13.6. The summed E-state index contributed by atoms with van der Waals surface area (Å²) in [6, 6.07) is 0.345. The second kappa shape index (κ2) is 6.99. The van der Waals surface area contributed by atoms with Crippen molar-refractivity contribution in [3.8, 4) is 0 Å². The molecule has 1 aliphatic heterocycles. The van der Waals surface area contributed by atoms with Gasteiger partial charge in [0.15, 0.2) is 5.78 Å². The van der Waals surface area contributed by atoms with Crippen LogP contribution in [0.15, 0.2) is 0 Å². The van der Waals surface area contributed by atoms with E-state index >= 15 is 0 Å². The number of carbonyl (C=O) groups is 1. The van der Waals surface area contributed by atoms with Crippen LogP contribution in [-0.2, 0) is 9.53 Å². The molecule has 16 heavy (non-hydrogen) atoms. The third-order valence-electron chi connectivity index (χ3n) is 3.08. The van der Waals surface area contributed by atoms with Gasteiger partial charge in [-0.15, -0.1) is 0 Å². The van der Waals surface area contributed by atoms with Crippen molar-refractivity contribution >= 4 is 5.78 Å². The molecular weight excluding hydrogens is 206 g/mol. The van der Waals surface area contributed by atoms with Crippen LogP contribution in [0, 0.1) is 5.92 Å². The van der Waals surface area contributed by atoms with Crippen LogP contribution in [0.25, 0.3) is 0 Å². The summed E-state index contributed by atoms with van der Waals surface area (Å²) in [6.45, 7) is 6.92. The van der Waals surface area contributed by atoms with E-state index in [4.69, 9.17) is 9.84 Å². The van der Waals surface area contributed by atoms with Gasteiger partial charge in [-0.05, 0) is 26.7 Å². The molecule has 1 rings (SSSR count). The highest BCUT2D eigenvalue weighted by molar-refractivity contribution is 5.83. The van der Waals surface area contributed by atoms with Crippen molar-refractivity contribution < 1.29 is 14.6 Å². The van der Waals surface area contributed by atoms with Crippen molar-refractivity contribution in [3.63, 3.8) is 0 Å². The van der Waals surface area contributed by atoms with E-state index in [1.807, 2.05) is 0 Å². The standard InChI is InChI=1S/C12H23NO3/c1-10(2)13(5-3-6-14)8-12(15)11-4-7-16-9-11/h10-11,14H,3-9H2,1-2H3. The lowest BCUT2D eigenvalue weighted by atomic mass is 10.0. The number of nitrogens with zero attached hydrogens (tertiary/aromatic N) is 1. The van der Waals surface area contributed by atoms with E-state index < -0.39 is 0 Å². The third kappa shape index (κ3) is 4.20. The Bertz CT molecular complexity index is 212. The molecule has 0 aromatic rings. The molecule has 4 heteroatoms. The van der Waals surface area contributed by atoms with Crippen LogP contribution in [0.4, 0.5) is 0 Å². The Morgan fingerprint density at radius 3 is 2.81 bits per heavy atom.